The van der Waals surface area contributed by atoms with Crippen LogP contribution >= 0.6 is 0 Å². The number of rotatable bonds is 2. The predicted molar refractivity (Wildman–Crippen MR) is 83.9 cm³/mol. The molecule has 0 unspecified atom stereocenters. The van der Waals surface area contributed by atoms with Crippen LogP contribution in [0.3, 0.4) is 0 Å². The third-order valence-corrected chi connectivity index (χ3v) is 5.84. The standard InChI is InChI=1S/C16H13N3O3S/c20-16-14(23(21,22)11-4-2-1-3-5-11)8-10-6-7-13-12(9-17-19-13)15(10)18-16/h1-5,8-9H,6-7H2,(H,17,19)(H,18,20). The highest BCUT2D eigenvalue weighted by Crippen LogP contribution is 2.31. The Morgan fingerprint density at radius 3 is 2.65 bits per heavy atom. The van der Waals surface area contributed by atoms with Gasteiger partial charge in [0.15, 0.2) is 0 Å². The van der Waals surface area contributed by atoms with Crippen molar-refractivity contribution in [3.8, 4) is 11.3 Å². The summed E-state index contributed by atoms with van der Waals surface area (Å²) < 4.78 is 25.4. The Morgan fingerprint density at radius 2 is 1.87 bits per heavy atom. The van der Waals surface area contributed by atoms with Crippen molar-refractivity contribution in [2.75, 3.05) is 0 Å². The van der Waals surface area contributed by atoms with Gasteiger partial charge < -0.3 is 4.98 Å². The second-order valence-electron chi connectivity index (χ2n) is 5.44. The van der Waals surface area contributed by atoms with E-state index in [0.29, 0.717) is 12.1 Å². The summed E-state index contributed by atoms with van der Waals surface area (Å²) in [6.45, 7) is 0. The molecule has 4 rings (SSSR count). The van der Waals surface area contributed by atoms with Crippen LogP contribution in [-0.2, 0) is 22.7 Å². The fourth-order valence-electron chi connectivity index (χ4n) is 2.89. The number of benzene rings is 1. The molecule has 2 heterocycles. The minimum absolute atomic E-state index is 0.116. The molecule has 23 heavy (non-hydrogen) atoms. The Bertz CT molecular complexity index is 1050. The third-order valence-electron chi connectivity index (χ3n) is 4.06. The summed E-state index contributed by atoms with van der Waals surface area (Å²) >= 11 is 0. The van der Waals surface area contributed by atoms with Gasteiger partial charge in [0.1, 0.15) is 4.90 Å². The highest BCUT2D eigenvalue weighted by atomic mass is 32.2. The smallest absolute Gasteiger partial charge is 0.267 e. The second-order valence-corrected chi connectivity index (χ2v) is 7.36. The zero-order chi connectivity index (χ0) is 16.0. The molecule has 0 fully saturated rings. The Kier molecular flexibility index (Phi) is 2.99. The summed E-state index contributed by atoms with van der Waals surface area (Å²) in [5.74, 6) is 0. The van der Waals surface area contributed by atoms with E-state index in [0.717, 1.165) is 23.2 Å². The molecular formula is C16H13N3O3S. The first-order valence-corrected chi connectivity index (χ1v) is 8.64. The number of nitrogens with one attached hydrogen (secondary N) is 2. The van der Waals surface area contributed by atoms with E-state index in [2.05, 4.69) is 15.2 Å². The molecule has 0 saturated carbocycles. The number of hydrogen-bond donors (Lipinski definition) is 2. The number of aromatic amines is 2. The number of aromatic nitrogens is 3. The van der Waals surface area contributed by atoms with E-state index in [1.54, 1.807) is 24.4 Å². The van der Waals surface area contributed by atoms with Gasteiger partial charge in [-0.3, -0.25) is 9.89 Å². The largest absolute Gasteiger partial charge is 0.320 e. The summed E-state index contributed by atoms with van der Waals surface area (Å²) in [6, 6.07) is 9.47. The van der Waals surface area contributed by atoms with Gasteiger partial charge in [-0.05, 0) is 36.6 Å². The van der Waals surface area contributed by atoms with E-state index in [9.17, 15) is 13.2 Å². The van der Waals surface area contributed by atoms with E-state index in [4.69, 9.17) is 0 Å². The number of pyridine rings is 1. The van der Waals surface area contributed by atoms with Crippen LogP contribution in [0.1, 0.15) is 11.3 Å². The summed E-state index contributed by atoms with van der Waals surface area (Å²) in [6.07, 6.45) is 3.03. The molecule has 1 aliphatic rings. The number of hydrogen-bond acceptors (Lipinski definition) is 4. The van der Waals surface area contributed by atoms with Gasteiger partial charge >= 0.3 is 0 Å². The van der Waals surface area contributed by atoms with Crippen molar-refractivity contribution in [3.05, 3.63) is 64.2 Å². The van der Waals surface area contributed by atoms with Crippen molar-refractivity contribution in [1.82, 2.24) is 15.2 Å². The average molecular weight is 327 g/mol. The van der Waals surface area contributed by atoms with E-state index >= 15 is 0 Å². The van der Waals surface area contributed by atoms with Crippen LogP contribution in [0.5, 0.6) is 0 Å². The minimum Gasteiger partial charge on any atom is -0.320 e. The maximum Gasteiger partial charge on any atom is 0.267 e. The first kappa shape index (κ1) is 14.0. The molecule has 0 spiro atoms. The number of fused-ring (bicyclic) bond motifs is 3. The van der Waals surface area contributed by atoms with Crippen LogP contribution in [0.25, 0.3) is 11.3 Å². The van der Waals surface area contributed by atoms with Crippen molar-refractivity contribution < 1.29 is 8.42 Å². The second kappa shape index (κ2) is 4.92. The van der Waals surface area contributed by atoms with Gasteiger partial charge in [-0.1, -0.05) is 18.2 Å². The predicted octanol–water partition coefficient (Wildman–Crippen LogP) is 1.70. The van der Waals surface area contributed by atoms with Gasteiger partial charge in [0, 0.05) is 11.3 Å². The number of nitrogens with zero attached hydrogens (tertiary/aromatic N) is 1. The Morgan fingerprint density at radius 1 is 1.09 bits per heavy atom. The van der Waals surface area contributed by atoms with Crippen molar-refractivity contribution in [1.29, 1.82) is 0 Å². The molecule has 1 aromatic carbocycles. The van der Waals surface area contributed by atoms with Gasteiger partial charge in [-0.2, -0.15) is 5.10 Å². The monoisotopic (exact) mass is 327 g/mol. The maximum absolute atomic E-state index is 12.7. The molecule has 3 aromatic rings. The first-order valence-electron chi connectivity index (χ1n) is 7.16. The van der Waals surface area contributed by atoms with Gasteiger partial charge in [0.25, 0.3) is 5.56 Å². The van der Waals surface area contributed by atoms with Gasteiger partial charge in [-0.15, -0.1) is 0 Å². The lowest BCUT2D eigenvalue weighted by molar-refractivity contribution is 0.594. The lowest BCUT2D eigenvalue weighted by Gasteiger charge is -2.16. The summed E-state index contributed by atoms with van der Waals surface area (Å²) in [4.78, 5) is 15.0. The highest BCUT2D eigenvalue weighted by molar-refractivity contribution is 7.91. The van der Waals surface area contributed by atoms with Crippen molar-refractivity contribution in [3.63, 3.8) is 0 Å². The number of H-pyrrole nitrogens is 2. The zero-order valence-corrected chi connectivity index (χ0v) is 12.9. The quantitative estimate of drug-likeness (QED) is 0.749. The van der Waals surface area contributed by atoms with Crippen LogP contribution < -0.4 is 5.56 Å². The summed E-state index contributed by atoms with van der Waals surface area (Å²) in [7, 11) is -3.83. The van der Waals surface area contributed by atoms with Gasteiger partial charge in [0.2, 0.25) is 9.84 Å². The molecule has 0 saturated heterocycles. The average Bonchev–Trinajstić information content (AvgIpc) is 3.04. The molecule has 1 aliphatic carbocycles. The SMILES string of the molecule is O=c1[nH]c2c(cc1S(=O)(=O)c1ccccc1)CCc1[nH]ncc1-2. The lowest BCUT2D eigenvalue weighted by atomic mass is 9.94. The van der Waals surface area contributed by atoms with E-state index in [1.165, 1.54) is 18.2 Å². The van der Waals surface area contributed by atoms with Gasteiger partial charge in [-0.25, -0.2) is 8.42 Å². The fraction of sp³-hybridized carbons (Fsp3) is 0.125. The van der Waals surface area contributed by atoms with Crippen LogP contribution in [0, 0.1) is 0 Å². The Balaban J connectivity index is 1.92. The Labute approximate surface area is 132 Å². The fourth-order valence-corrected chi connectivity index (χ4v) is 4.26. The molecule has 0 bridgehead atoms. The van der Waals surface area contributed by atoms with Crippen molar-refractivity contribution in [2.45, 2.75) is 22.6 Å². The molecule has 0 atom stereocenters. The molecule has 0 radical (unpaired) electrons. The van der Waals surface area contributed by atoms with Crippen molar-refractivity contribution >= 4 is 9.84 Å². The van der Waals surface area contributed by atoms with E-state index < -0.39 is 15.4 Å². The normalized spacial score (nSPS) is 13.4. The molecule has 6 nitrogen and oxygen atoms in total. The Hall–Kier alpha value is -2.67. The zero-order valence-electron chi connectivity index (χ0n) is 12.0. The third kappa shape index (κ3) is 2.12. The summed E-state index contributed by atoms with van der Waals surface area (Å²) in [5, 5.41) is 6.88. The lowest BCUT2D eigenvalue weighted by Crippen LogP contribution is -2.21. The van der Waals surface area contributed by atoms with Crippen LogP contribution in [-0.4, -0.2) is 23.6 Å². The molecular weight excluding hydrogens is 314 g/mol. The van der Waals surface area contributed by atoms with Crippen LogP contribution in [0.4, 0.5) is 0 Å². The molecule has 0 amide bonds. The first-order chi connectivity index (χ1) is 11.1. The number of sulfone groups is 1. The molecule has 7 heteroatoms. The van der Waals surface area contributed by atoms with Crippen LogP contribution in [0.15, 0.2) is 57.2 Å². The number of aryl methyl sites for hydroxylation is 2. The molecule has 2 N–H and O–H groups in total. The summed E-state index contributed by atoms with van der Waals surface area (Å²) in [5.41, 5.74) is 2.63. The minimum atomic E-state index is -3.83. The molecule has 2 aromatic heterocycles. The molecule has 116 valence electrons. The van der Waals surface area contributed by atoms with Crippen LogP contribution in [0.2, 0.25) is 0 Å². The van der Waals surface area contributed by atoms with Crippen molar-refractivity contribution in [2.24, 2.45) is 0 Å². The topological polar surface area (TPSA) is 95.7 Å². The van der Waals surface area contributed by atoms with E-state index in [1.807, 2.05) is 0 Å². The molecule has 0 aliphatic heterocycles. The van der Waals surface area contributed by atoms with Gasteiger partial charge in [0.05, 0.1) is 16.8 Å². The maximum atomic E-state index is 12.7. The van der Waals surface area contributed by atoms with E-state index in [-0.39, 0.29) is 9.79 Å². The highest BCUT2D eigenvalue weighted by Gasteiger charge is 2.26.